The van der Waals surface area contributed by atoms with Gasteiger partial charge in [0.05, 0.1) is 5.92 Å². The van der Waals surface area contributed by atoms with Crippen LogP contribution in [0.3, 0.4) is 0 Å². The van der Waals surface area contributed by atoms with E-state index in [1.54, 1.807) is 0 Å². The summed E-state index contributed by atoms with van der Waals surface area (Å²) in [6, 6.07) is 0.809. The fourth-order valence-corrected chi connectivity index (χ4v) is 4.18. The number of carboxylic acid groups (broad SMARTS) is 1. The zero-order valence-electron chi connectivity index (χ0n) is 11.8. The molecule has 1 aliphatic carbocycles. The van der Waals surface area contributed by atoms with Crippen molar-refractivity contribution in [3.63, 3.8) is 0 Å². The normalized spacial score (nSPS) is 37.2. The zero-order valence-corrected chi connectivity index (χ0v) is 11.8. The minimum Gasteiger partial charge on any atom is -0.481 e. The van der Waals surface area contributed by atoms with Gasteiger partial charge >= 0.3 is 5.97 Å². The second-order valence-corrected chi connectivity index (χ2v) is 6.65. The van der Waals surface area contributed by atoms with Crippen molar-refractivity contribution < 1.29 is 9.90 Å². The Morgan fingerprint density at radius 2 is 1.84 bits per heavy atom. The van der Waals surface area contributed by atoms with Crippen molar-refractivity contribution in [2.45, 2.75) is 44.6 Å². The Morgan fingerprint density at radius 3 is 2.58 bits per heavy atom. The van der Waals surface area contributed by atoms with Crippen molar-refractivity contribution in [3.05, 3.63) is 0 Å². The third-order valence-electron chi connectivity index (χ3n) is 5.38. The van der Waals surface area contributed by atoms with Crippen LogP contribution in [0, 0.1) is 11.8 Å². The van der Waals surface area contributed by atoms with Gasteiger partial charge in [0.15, 0.2) is 0 Å². The van der Waals surface area contributed by atoms with Gasteiger partial charge in [-0.15, -0.1) is 0 Å². The molecule has 1 atom stereocenters. The molecular weight excluding hydrogens is 240 g/mol. The Hall–Kier alpha value is -0.610. The van der Waals surface area contributed by atoms with E-state index in [1.807, 2.05) is 0 Å². The Balaban J connectivity index is 1.44. The molecule has 2 aliphatic heterocycles. The average molecular weight is 266 g/mol. The van der Waals surface area contributed by atoms with Crippen molar-refractivity contribution in [1.29, 1.82) is 0 Å². The van der Waals surface area contributed by atoms with Crippen LogP contribution in [-0.4, -0.2) is 59.6 Å². The zero-order chi connectivity index (χ0) is 13.2. The summed E-state index contributed by atoms with van der Waals surface area (Å²) in [5.74, 6) is 0.0875. The number of hydrogen-bond acceptors (Lipinski definition) is 3. The van der Waals surface area contributed by atoms with Crippen LogP contribution in [-0.2, 0) is 4.79 Å². The van der Waals surface area contributed by atoms with E-state index in [0.717, 1.165) is 37.6 Å². The maximum absolute atomic E-state index is 11.0. The highest BCUT2D eigenvalue weighted by molar-refractivity contribution is 5.69. The highest BCUT2D eigenvalue weighted by Gasteiger charge is 2.32. The van der Waals surface area contributed by atoms with Gasteiger partial charge in [0, 0.05) is 32.2 Å². The summed E-state index contributed by atoms with van der Waals surface area (Å²) < 4.78 is 0. The van der Waals surface area contributed by atoms with E-state index < -0.39 is 5.97 Å². The fraction of sp³-hybridized carbons (Fsp3) is 0.933. The lowest BCUT2D eigenvalue weighted by Crippen LogP contribution is -2.51. The molecule has 0 radical (unpaired) electrons. The second kappa shape index (κ2) is 5.80. The quantitative estimate of drug-likeness (QED) is 0.843. The van der Waals surface area contributed by atoms with Gasteiger partial charge in [-0.3, -0.25) is 9.69 Å². The van der Waals surface area contributed by atoms with E-state index >= 15 is 0 Å². The predicted octanol–water partition coefficient (Wildman–Crippen LogP) is 1.66. The van der Waals surface area contributed by atoms with Crippen LogP contribution in [0.1, 0.15) is 38.5 Å². The highest BCUT2D eigenvalue weighted by atomic mass is 16.4. The van der Waals surface area contributed by atoms with Gasteiger partial charge in [0.2, 0.25) is 0 Å². The fourth-order valence-electron chi connectivity index (χ4n) is 4.18. The molecule has 0 spiro atoms. The number of hydrogen-bond donors (Lipinski definition) is 1. The number of carboxylic acids is 1. The minimum absolute atomic E-state index is 0.0667. The van der Waals surface area contributed by atoms with E-state index in [-0.39, 0.29) is 5.92 Å². The number of rotatable bonds is 3. The number of carbonyl (C=O) groups is 1. The lowest BCUT2D eigenvalue weighted by molar-refractivity contribution is -0.143. The molecule has 0 aromatic carbocycles. The van der Waals surface area contributed by atoms with Crippen molar-refractivity contribution in [2.75, 3.05) is 32.7 Å². The molecule has 0 aromatic heterocycles. The molecule has 1 unspecified atom stereocenters. The lowest BCUT2D eigenvalue weighted by atomic mass is 9.81. The summed E-state index contributed by atoms with van der Waals surface area (Å²) in [7, 11) is 0. The Kier molecular flexibility index (Phi) is 4.08. The topological polar surface area (TPSA) is 43.8 Å². The molecule has 1 N–H and O–H groups in total. The smallest absolute Gasteiger partial charge is 0.306 e. The molecule has 4 heteroatoms. The van der Waals surface area contributed by atoms with Crippen LogP contribution in [0.15, 0.2) is 0 Å². The molecule has 3 fully saturated rings. The molecule has 0 aromatic rings. The lowest BCUT2D eigenvalue weighted by Gasteiger charge is -2.40. The first-order chi connectivity index (χ1) is 9.22. The highest BCUT2D eigenvalue weighted by Crippen LogP contribution is 2.30. The molecule has 3 rings (SSSR count). The average Bonchev–Trinajstić information content (AvgIpc) is 2.87. The molecule has 4 nitrogen and oxygen atoms in total. The second-order valence-electron chi connectivity index (χ2n) is 6.65. The first kappa shape index (κ1) is 13.4. The van der Waals surface area contributed by atoms with Gasteiger partial charge < -0.3 is 10.0 Å². The van der Waals surface area contributed by atoms with E-state index in [1.165, 1.54) is 45.6 Å². The van der Waals surface area contributed by atoms with Gasteiger partial charge in [-0.25, -0.2) is 0 Å². The number of aliphatic carboxylic acids is 1. The van der Waals surface area contributed by atoms with Crippen LogP contribution < -0.4 is 0 Å². The Bertz CT molecular complexity index is 326. The molecule has 0 bridgehead atoms. The van der Waals surface area contributed by atoms with Gasteiger partial charge in [-0.2, -0.15) is 0 Å². The predicted molar refractivity (Wildman–Crippen MR) is 74.1 cm³/mol. The van der Waals surface area contributed by atoms with Gasteiger partial charge in [0.25, 0.3) is 0 Å². The molecule has 3 aliphatic rings. The maximum atomic E-state index is 11.0. The molecule has 108 valence electrons. The molecular formula is C15H26N2O2. The summed E-state index contributed by atoms with van der Waals surface area (Å²) in [5, 5.41) is 9.03. The molecule has 0 amide bonds. The molecule has 2 heterocycles. The SMILES string of the molecule is O=C(O)C1CCC(CN2CCN3CCCC3C2)CC1. The largest absolute Gasteiger partial charge is 0.481 e. The van der Waals surface area contributed by atoms with Crippen molar-refractivity contribution in [1.82, 2.24) is 9.80 Å². The minimum atomic E-state index is -0.585. The third-order valence-corrected chi connectivity index (χ3v) is 5.38. The summed E-state index contributed by atoms with van der Waals surface area (Å²) in [6.07, 6.45) is 6.76. The van der Waals surface area contributed by atoms with Crippen molar-refractivity contribution in [2.24, 2.45) is 11.8 Å². The molecule has 19 heavy (non-hydrogen) atoms. The van der Waals surface area contributed by atoms with E-state index in [4.69, 9.17) is 5.11 Å². The molecule has 1 saturated carbocycles. The van der Waals surface area contributed by atoms with Gasteiger partial charge in [-0.1, -0.05) is 0 Å². The van der Waals surface area contributed by atoms with E-state index in [2.05, 4.69) is 9.80 Å². The monoisotopic (exact) mass is 266 g/mol. The van der Waals surface area contributed by atoms with Crippen LogP contribution in [0.4, 0.5) is 0 Å². The Labute approximate surface area is 115 Å². The van der Waals surface area contributed by atoms with Gasteiger partial charge in [-0.05, 0) is 51.0 Å². The van der Waals surface area contributed by atoms with E-state index in [0.29, 0.717) is 0 Å². The summed E-state index contributed by atoms with van der Waals surface area (Å²) in [6.45, 7) is 6.22. The standard InChI is InChI=1S/C15H26N2O2/c18-15(19)13-5-3-12(4-6-13)10-16-8-9-17-7-1-2-14(17)11-16/h12-14H,1-11H2,(H,18,19). The van der Waals surface area contributed by atoms with Crippen LogP contribution in [0.25, 0.3) is 0 Å². The Morgan fingerprint density at radius 1 is 1.05 bits per heavy atom. The summed E-state index contributed by atoms with van der Waals surface area (Å²) in [5.41, 5.74) is 0. The first-order valence-corrected chi connectivity index (χ1v) is 7.91. The number of fused-ring (bicyclic) bond motifs is 1. The number of nitrogens with zero attached hydrogens (tertiary/aromatic N) is 2. The summed E-state index contributed by atoms with van der Waals surface area (Å²) in [4.78, 5) is 16.2. The van der Waals surface area contributed by atoms with Crippen LogP contribution >= 0.6 is 0 Å². The molecule has 2 saturated heterocycles. The van der Waals surface area contributed by atoms with Crippen molar-refractivity contribution in [3.8, 4) is 0 Å². The van der Waals surface area contributed by atoms with E-state index in [9.17, 15) is 4.79 Å². The maximum Gasteiger partial charge on any atom is 0.306 e. The first-order valence-electron chi connectivity index (χ1n) is 7.91. The van der Waals surface area contributed by atoms with Crippen molar-refractivity contribution >= 4 is 5.97 Å². The number of piperazine rings is 1. The van der Waals surface area contributed by atoms with Gasteiger partial charge in [0.1, 0.15) is 0 Å². The summed E-state index contributed by atoms with van der Waals surface area (Å²) >= 11 is 0. The van der Waals surface area contributed by atoms with Crippen LogP contribution in [0.5, 0.6) is 0 Å². The third kappa shape index (κ3) is 3.11. The van der Waals surface area contributed by atoms with Crippen LogP contribution in [0.2, 0.25) is 0 Å².